The molecule has 0 aliphatic heterocycles. The molecule has 19 heavy (non-hydrogen) atoms. The van der Waals surface area contributed by atoms with Crippen molar-refractivity contribution in [3.63, 3.8) is 0 Å². The van der Waals surface area contributed by atoms with E-state index in [0.717, 1.165) is 12.6 Å². The van der Waals surface area contributed by atoms with E-state index in [0.29, 0.717) is 0 Å². The highest BCUT2D eigenvalue weighted by molar-refractivity contribution is 6.28. The van der Waals surface area contributed by atoms with E-state index in [1.807, 2.05) is 12.2 Å². The maximum atomic E-state index is 13.6. The number of hydrogen-bond acceptors (Lipinski definition) is 4. The van der Waals surface area contributed by atoms with Gasteiger partial charge in [-0.1, -0.05) is 12.2 Å². The number of fused-ring (bicyclic) bond motifs is 2. The highest BCUT2D eigenvalue weighted by Crippen LogP contribution is 2.44. The van der Waals surface area contributed by atoms with Crippen molar-refractivity contribution in [3.8, 4) is 0 Å². The van der Waals surface area contributed by atoms with Crippen LogP contribution in [0.1, 0.15) is 6.42 Å². The van der Waals surface area contributed by atoms with E-state index in [4.69, 9.17) is 17.3 Å². The highest BCUT2D eigenvalue weighted by Gasteiger charge is 2.47. The minimum absolute atomic E-state index is 0.0113. The number of allylic oxidation sites excluding steroid dienone is 1. The molecule has 1 amide bonds. The van der Waals surface area contributed by atoms with Crippen molar-refractivity contribution in [3.05, 3.63) is 29.4 Å². The SMILES string of the molecule is NC(=O)C1[C@@H]2C=C[C@@H](C2)[C@@H]1Nc1nc(Cl)ncc1F. The van der Waals surface area contributed by atoms with Crippen LogP contribution < -0.4 is 11.1 Å². The zero-order valence-corrected chi connectivity index (χ0v) is 10.6. The fraction of sp³-hybridized carbons (Fsp3) is 0.417. The molecule has 3 rings (SSSR count). The zero-order valence-electron chi connectivity index (χ0n) is 9.88. The normalized spacial score (nSPS) is 31.7. The molecule has 0 spiro atoms. The second-order valence-corrected chi connectivity index (χ2v) is 5.22. The molecule has 0 saturated heterocycles. The van der Waals surface area contributed by atoms with Crippen LogP contribution in [0.2, 0.25) is 5.28 Å². The van der Waals surface area contributed by atoms with Crippen LogP contribution in [0, 0.1) is 23.6 Å². The Hall–Kier alpha value is -1.69. The number of anilines is 1. The van der Waals surface area contributed by atoms with Gasteiger partial charge in [0.15, 0.2) is 11.6 Å². The van der Waals surface area contributed by atoms with Crippen LogP contribution in [0.15, 0.2) is 18.3 Å². The van der Waals surface area contributed by atoms with E-state index < -0.39 is 5.82 Å². The summed E-state index contributed by atoms with van der Waals surface area (Å²) in [4.78, 5) is 18.9. The second kappa shape index (κ2) is 4.45. The topological polar surface area (TPSA) is 80.9 Å². The number of amides is 1. The van der Waals surface area contributed by atoms with Gasteiger partial charge in [-0.25, -0.2) is 9.37 Å². The molecule has 5 nitrogen and oxygen atoms in total. The standard InChI is InChI=1S/C12H12ClFN4O/c13-12-16-4-7(14)11(18-12)17-9-6-2-1-5(3-6)8(9)10(15)19/h1-2,4-6,8-9H,3H2,(H2,15,19)(H,16,17,18)/t5-,6+,8?,9+/m1/s1. The van der Waals surface area contributed by atoms with Gasteiger partial charge in [-0.05, 0) is 29.9 Å². The molecule has 0 aromatic carbocycles. The zero-order chi connectivity index (χ0) is 13.6. The van der Waals surface area contributed by atoms with Gasteiger partial charge in [-0.2, -0.15) is 4.98 Å². The van der Waals surface area contributed by atoms with Crippen molar-refractivity contribution in [1.29, 1.82) is 0 Å². The minimum Gasteiger partial charge on any atom is -0.369 e. The predicted molar refractivity (Wildman–Crippen MR) is 67.8 cm³/mol. The van der Waals surface area contributed by atoms with Gasteiger partial charge in [0.2, 0.25) is 11.2 Å². The maximum absolute atomic E-state index is 13.6. The number of carbonyl (C=O) groups is 1. The molecule has 1 unspecified atom stereocenters. The molecule has 3 N–H and O–H groups in total. The summed E-state index contributed by atoms with van der Waals surface area (Å²) >= 11 is 5.65. The molecule has 1 aromatic heterocycles. The van der Waals surface area contributed by atoms with Crippen molar-refractivity contribution in [2.45, 2.75) is 12.5 Å². The fourth-order valence-electron chi connectivity index (χ4n) is 3.01. The van der Waals surface area contributed by atoms with E-state index in [-0.39, 0.29) is 40.8 Å². The number of nitrogens with one attached hydrogen (secondary N) is 1. The van der Waals surface area contributed by atoms with E-state index in [2.05, 4.69) is 15.3 Å². The van der Waals surface area contributed by atoms with E-state index >= 15 is 0 Å². The average molecular weight is 283 g/mol. The maximum Gasteiger partial charge on any atom is 0.224 e. The Morgan fingerprint density at radius 3 is 2.95 bits per heavy atom. The number of nitrogens with zero attached hydrogens (tertiary/aromatic N) is 2. The first-order valence-corrected chi connectivity index (χ1v) is 6.36. The summed E-state index contributed by atoms with van der Waals surface area (Å²) in [6.07, 6.45) is 5.88. The van der Waals surface area contributed by atoms with Crippen molar-refractivity contribution in [2.75, 3.05) is 5.32 Å². The summed E-state index contributed by atoms with van der Waals surface area (Å²) in [7, 11) is 0. The lowest BCUT2D eigenvalue weighted by Crippen LogP contribution is -2.41. The van der Waals surface area contributed by atoms with E-state index in [1.165, 1.54) is 0 Å². The van der Waals surface area contributed by atoms with Gasteiger partial charge in [0.25, 0.3) is 0 Å². The molecular weight excluding hydrogens is 271 g/mol. The van der Waals surface area contributed by atoms with E-state index in [1.54, 1.807) is 0 Å². The Balaban J connectivity index is 1.88. The Kier molecular flexibility index (Phi) is 2.89. The van der Waals surface area contributed by atoms with Gasteiger partial charge in [0, 0.05) is 6.04 Å². The quantitative estimate of drug-likeness (QED) is 0.648. The number of hydrogen-bond donors (Lipinski definition) is 2. The summed E-state index contributed by atoms with van der Waals surface area (Å²) in [5.41, 5.74) is 5.43. The van der Waals surface area contributed by atoms with Crippen molar-refractivity contribution >= 4 is 23.3 Å². The van der Waals surface area contributed by atoms with Gasteiger partial charge in [-0.15, -0.1) is 0 Å². The molecule has 2 bridgehead atoms. The molecule has 0 radical (unpaired) electrons. The van der Waals surface area contributed by atoms with Gasteiger partial charge in [0.1, 0.15) is 0 Å². The third-order valence-electron chi connectivity index (χ3n) is 3.81. The summed E-state index contributed by atoms with van der Waals surface area (Å²) in [6, 6.07) is -0.243. The average Bonchev–Trinajstić information content (AvgIpc) is 2.94. The lowest BCUT2D eigenvalue weighted by atomic mass is 9.88. The predicted octanol–water partition coefficient (Wildman–Crippen LogP) is 1.36. The van der Waals surface area contributed by atoms with Gasteiger partial charge in [-0.3, -0.25) is 4.79 Å². The molecule has 4 atom stereocenters. The van der Waals surface area contributed by atoms with Crippen LogP contribution in [0.25, 0.3) is 0 Å². The number of halogens is 2. The molecule has 1 aromatic rings. The van der Waals surface area contributed by atoms with Gasteiger partial charge in [0.05, 0.1) is 12.1 Å². The molecule has 1 fully saturated rings. The number of primary amides is 1. The molecule has 7 heteroatoms. The number of carbonyl (C=O) groups excluding carboxylic acids is 1. The Morgan fingerprint density at radius 2 is 2.21 bits per heavy atom. The monoisotopic (exact) mass is 282 g/mol. The third kappa shape index (κ3) is 2.06. The van der Waals surface area contributed by atoms with Crippen LogP contribution in [-0.2, 0) is 4.79 Å². The van der Waals surface area contributed by atoms with Crippen molar-refractivity contribution < 1.29 is 9.18 Å². The van der Waals surface area contributed by atoms with Crippen LogP contribution in [-0.4, -0.2) is 21.9 Å². The summed E-state index contributed by atoms with van der Waals surface area (Å²) in [5.74, 6) is -1.02. The number of rotatable bonds is 3. The molecule has 100 valence electrons. The smallest absolute Gasteiger partial charge is 0.224 e. The van der Waals surface area contributed by atoms with Crippen LogP contribution in [0.4, 0.5) is 10.2 Å². The molecule has 2 aliphatic rings. The van der Waals surface area contributed by atoms with Crippen molar-refractivity contribution in [1.82, 2.24) is 9.97 Å². The number of nitrogens with two attached hydrogens (primary N) is 1. The van der Waals surface area contributed by atoms with Gasteiger partial charge < -0.3 is 11.1 Å². The van der Waals surface area contributed by atoms with Crippen LogP contribution in [0.5, 0.6) is 0 Å². The molecule has 1 saturated carbocycles. The van der Waals surface area contributed by atoms with Gasteiger partial charge >= 0.3 is 0 Å². The van der Waals surface area contributed by atoms with Crippen LogP contribution >= 0.6 is 11.6 Å². The van der Waals surface area contributed by atoms with Crippen molar-refractivity contribution in [2.24, 2.45) is 23.5 Å². The van der Waals surface area contributed by atoms with Crippen LogP contribution in [0.3, 0.4) is 0 Å². The molecule has 1 heterocycles. The fourth-order valence-corrected chi connectivity index (χ4v) is 3.14. The largest absolute Gasteiger partial charge is 0.369 e. The lowest BCUT2D eigenvalue weighted by Gasteiger charge is -2.27. The lowest BCUT2D eigenvalue weighted by molar-refractivity contribution is -0.122. The first-order chi connectivity index (χ1) is 9.06. The number of aromatic nitrogens is 2. The Morgan fingerprint density at radius 1 is 1.47 bits per heavy atom. The third-order valence-corrected chi connectivity index (χ3v) is 3.99. The minimum atomic E-state index is -0.598. The first kappa shape index (κ1) is 12.3. The first-order valence-electron chi connectivity index (χ1n) is 5.98. The second-order valence-electron chi connectivity index (χ2n) is 4.88. The van der Waals surface area contributed by atoms with E-state index in [9.17, 15) is 9.18 Å². The summed E-state index contributed by atoms with van der Waals surface area (Å²) in [6.45, 7) is 0. The Labute approximate surface area is 114 Å². The molecular formula is C12H12ClFN4O. The molecule has 2 aliphatic carbocycles. The highest BCUT2D eigenvalue weighted by atomic mass is 35.5. The summed E-state index contributed by atoms with van der Waals surface area (Å²) in [5, 5.41) is 2.91. The Bertz CT molecular complexity index is 565. The summed E-state index contributed by atoms with van der Waals surface area (Å²) < 4.78 is 13.6.